The van der Waals surface area contributed by atoms with Crippen LogP contribution in [0, 0.1) is 0 Å². The van der Waals surface area contributed by atoms with Gasteiger partial charge in [0, 0.05) is 11.8 Å². The van der Waals surface area contributed by atoms with Crippen LogP contribution in [0.4, 0.5) is 0 Å². The minimum Gasteiger partial charge on any atom is -0.392 e. The monoisotopic (exact) mass is 292 g/mol. The van der Waals surface area contributed by atoms with Gasteiger partial charge in [0.1, 0.15) is 12.3 Å². The van der Waals surface area contributed by atoms with Crippen molar-refractivity contribution in [2.45, 2.75) is 12.6 Å². The quantitative estimate of drug-likeness (QED) is 0.696. The van der Waals surface area contributed by atoms with Crippen molar-refractivity contribution in [3.63, 3.8) is 0 Å². The molecule has 1 aliphatic rings. The summed E-state index contributed by atoms with van der Waals surface area (Å²) in [7, 11) is 0. The number of aliphatic hydroxyl groups is 1. The molecule has 4 nitrogen and oxygen atoms in total. The lowest BCUT2D eigenvalue weighted by atomic mass is 9.93. The number of hydrogen-bond donors (Lipinski definition) is 1. The van der Waals surface area contributed by atoms with Crippen LogP contribution < -0.4 is 0 Å². The first-order valence-corrected chi connectivity index (χ1v) is 7.06. The molecule has 0 aromatic heterocycles. The zero-order valence-corrected chi connectivity index (χ0v) is 12.0. The van der Waals surface area contributed by atoms with E-state index in [4.69, 9.17) is 0 Å². The van der Waals surface area contributed by atoms with Crippen LogP contribution in [-0.2, 0) is 11.4 Å². The Morgan fingerprint density at radius 2 is 1.91 bits per heavy atom. The topological polar surface area (TPSA) is 52.9 Å². The summed E-state index contributed by atoms with van der Waals surface area (Å²) >= 11 is 0. The highest BCUT2D eigenvalue weighted by Gasteiger charge is 2.24. The van der Waals surface area contributed by atoms with Crippen LogP contribution in [0.5, 0.6) is 0 Å². The molecule has 0 aliphatic carbocycles. The largest absolute Gasteiger partial charge is 0.392 e. The minimum absolute atomic E-state index is 0.0223. The van der Waals surface area contributed by atoms with E-state index in [0.717, 1.165) is 28.5 Å². The van der Waals surface area contributed by atoms with Gasteiger partial charge in [0.15, 0.2) is 0 Å². The summed E-state index contributed by atoms with van der Waals surface area (Å²) in [5, 5.41) is 15.4. The van der Waals surface area contributed by atoms with Gasteiger partial charge < -0.3 is 5.11 Å². The lowest BCUT2D eigenvalue weighted by Gasteiger charge is -2.31. The molecule has 1 N–H and O–H groups in total. The number of carbonyl (C=O) groups excluding carboxylic acids is 1. The van der Waals surface area contributed by atoms with Gasteiger partial charge in [-0.15, -0.1) is 0 Å². The van der Waals surface area contributed by atoms with Gasteiger partial charge >= 0.3 is 0 Å². The molecule has 110 valence electrons. The number of nitrogens with zero attached hydrogens (tertiary/aromatic N) is 2. The van der Waals surface area contributed by atoms with E-state index >= 15 is 0 Å². The summed E-state index contributed by atoms with van der Waals surface area (Å²) in [6.45, 7) is 0.0223. The molecule has 0 saturated heterocycles. The summed E-state index contributed by atoms with van der Waals surface area (Å²) in [6, 6.07) is 15.7. The van der Waals surface area contributed by atoms with E-state index in [9.17, 15) is 9.90 Å². The van der Waals surface area contributed by atoms with E-state index in [1.807, 2.05) is 42.5 Å². The summed E-state index contributed by atoms with van der Waals surface area (Å²) in [4.78, 5) is 10.6. The Labute approximate surface area is 129 Å². The Bertz CT molecular complexity index is 720. The van der Waals surface area contributed by atoms with E-state index in [1.54, 1.807) is 17.4 Å². The van der Waals surface area contributed by atoms with E-state index in [-0.39, 0.29) is 12.6 Å². The molecule has 1 atom stereocenters. The van der Waals surface area contributed by atoms with Crippen LogP contribution in [-0.4, -0.2) is 22.6 Å². The lowest BCUT2D eigenvalue weighted by molar-refractivity contribution is -0.104. The minimum atomic E-state index is -0.0925. The van der Waals surface area contributed by atoms with Crippen LogP contribution in [0.25, 0.3) is 0 Å². The number of rotatable bonds is 4. The Balaban J connectivity index is 2.06. The third kappa shape index (κ3) is 2.69. The van der Waals surface area contributed by atoms with Gasteiger partial charge in [-0.3, -0.25) is 9.80 Å². The van der Waals surface area contributed by atoms with Crippen LogP contribution in [0.1, 0.15) is 28.3 Å². The predicted molar refractivity (Wildman–Crippen MR) is 85.3 cm³/mol. The number of aldehydes is 1. The molecular weight excluding hydrogens is 276 g/mol. The van der Waals surface area contributed by atoms with Crippen molar-refractivity contribution in [2.24, 2.45) is 5.10 Å². The molecule has 1 aliphatic heterocycles. The average Bonchev–Trinajstić information content (AvgIpc) is 2.59. The van der Waals surface area contributed by atoms with Crippen LogP contribution >= 0.6 is 0 Å². The zero-order valence-electron chi connectivity index (χ0n) is 12.0. The molecule has 0 fully saturated rings. The number of benzene rings is 2. The molecule has 0 saturated carbocycles. The van der Waals surface area contributed by atoms with Crippen molar-refractivity contribution in [2.75, 3.05) is 0 Å². The number of hydrogen-bond acceptors (Lipinski definition) is 4. The zero-order chi connectivity index (χ0) is 15.4. The maximum absolute atomic E-state index is 10.6. The van der Waals surface area contributed by atoms with Crippen molar-refractivity contribution in [1.82, 2.24) is 5.01 Å². The van der Waals surface area contributed by atoms with Crippen LogP contribution in [0.2, 0.25) is 0 Å². The van der Waals surface area contributed by atoms with Crippen molar-refractivity contribution in [3.05, 3.63) is 83.1 Å². The fourth-order valence-corrected chi connectivity index (χ4v) is 2.60. The first-order valence-electron chi connectivity index (χ1n) is 7.06. The van der Waals surface area contributed by atoms with Crippen LogP contribution in [0.15, 0.2) is 65.9 Å². The predicted octanol–water partition coefficient (Wildman–Crippen LogP) is 2.63. The standard InChI is InChI=1S/C18H16N2O2/c21-11-3-10-20-18(15-8-6-14(13-22)7-9-15)17-5-2-1-4-16(17)12-19-20/h1-12,18,22H,13H2/b10-3+. The van der Waals surface area contributed by atoms with Crippen molar-refractivity contribution < 1.29 is 9.90 Å². The van der Waals surface area contributed by atoms with Gasteiger partial charge in [-0.1, -0.05) is 48.5 Å². The van der Waals surface area contributed by atoms with Gasteiger partial charge in [0.25, 0.3) is 0 Å². The fourth-order valence-electron chi connectivity index (χ4n) is 2.60. The lowest BCUT2D eigenvalue weighted by Crippen LogP contribution is -2.24. The normalized spacial score (nSPS) is 16.8. The van der Waals surface area contributed by atoms with E-state index in [1.165, 1.54) is 6.08 Å². The Morgan fingerprint density at radius 1 is 1.14 bits per heavy atom. The summed E-state index contributed by atoms with van der Waals surface area (Å²) < 4.78 is 0. The third-order valence-electron chi connectivity index (χ3n) is 3.68. The third-order valence-corrected chi connectivity index (χ3v) is 3.68. The Morgan fingerprint density at radius 3 is 2.64 bits per heavy atom. The second-order valence-corrected chi connectivity index (χ2v) is 5.03. The molecule has 0 bridgehead atoms. The first-order chi connectivity index (χ1) is 10.8. The molecule has 0 radical (unpaired) electrons. The number of allylic oxidation sites excluding steroid dienone is 1. The smallest absolute Gasteiger partial charge is 0.144 e. The molecule has 1 unspecified atom stereocenters. The molecular formula is C18H16N2O2. The first kappa shape index (κ1) is 14.2. The number of hydrazone groups is 1. The molecule has 3 rings (SSSR count). The maximum Gasteiger partial charge on any atom is 0.144 e. The molecule has 2 aromatic rings. The highest BCUT2D eigenvalue weighted by Crippen LogP contribution is 2.33. The Hall–Kier alpha value is -2.72. The second-order valence-electron chi connectivity index (χ2n) is 5.03. The SMILES string of the molecule is O=C/C=C/N1N=Cc2ccccc2C1c1ccc(CO)cc1. The van der Waals surface area contributed by atoms with E-state index < -0.39 is 0 Å². The Kier molecular flexibility index (Phi) is 4.12. The molecule has 0 amide bonds. The van der Waals surface area contributed by atoms with Crippen LogP contribution in [0.3, 0.4) is 0 Å². The van der Waals surface area contributed by atoms with Gasteiger partial charge in [0.05, 0.1) is 12.8 Å². The highest BCUT2D eigenvalue weighted by molar-refractivity contribution is 5.83. The highest BCUT2D eigenvalue weighted by atomic mass is 16.3. The summed E-state index contributed by atoms with van der Waals surface area (Å²) in [5.74, 6) is 0. The number of carbonyl (C=O) groups is 1. The summed E-state index contributed by atoms with van der Waals surface area (Å²) in [5.41, 5.74) is 4.11. The maximum atomic E-state index is 10.6. The molecule has 1 heterocycles. The van der Waals surface area contributed by atoms with Gasteiger partial charge in [0.2, 0.25) is 0 Å². The van der Waals surface area contributed by atoms with Gasteiger partial charge in [-0.05, 0) is 22.8 Å². The second kappa shape index (κ2) is 6.37. The van der Waals surface area contributed by atoms with Crippen molar-refractivity contribution >= 4 is 12.5 Å². The van der Waals surface area contributed by atoms with Crippen molar-refractivity contribution in [3.8, 4) is 0 Å². The van der Waals surface area contributed by atoms with Gasteiger partial charge in [-0.25, -0.2) is 0 Å². The number of aliphatic hydroxyl groups excluding tert-OH is 1. The molecule has 2 aromatic carbocycles. The fraction of sp³-hybridized carbons (Fsp3) is 0.111. The average molecular weight is 292 g/mol. The van der Waals surface area contributed by atoms with Crippen molar-refractivity contribution in [1.29, 1.82) is 0 Å². The molecule has 0 spiro atoms. The molecule has 4 heteroatoms. The van der Waals surface area contributed by atoms with Gasteiger partial charge in [-0.2, -0.15) is 5.10 Å². The summed E-state index contributed by atoms with van der Waals surface area (Å²) in [6.07, 6.45) is 5.63. The van der Waals surface area contributed by atoms with E-state index in [0.29, 0.717) is 0 Å². The molecule has 22 heavy (non-hydrogen) atoms. The van der Waals surface area contributed by atoms with E-state index in [2.05, 4.69) is 11.2 Å². The number of fused-ring (bicyclic) bond motifs is 1.